The Bertz CT molecular complexity index is 833. The Labute approximate surface area is 150 Å². The number of anilines is 1. The fraction of sp³-hybridized carbons (Fsp3) is 0.263. The van der Waals surface area contributed by atoms with Gasteiger partial charge in [-0.15, -0.1) is 0 Å². The van der Waals surface area contributed by atoms with Crippen LogP contribution in [0.2, 0.25) is 5.02 Å². The van der Waals surface area contributed by atoms with Crippen molar-refractivity contribution in [2.45, 2.75) is 20.4 Å². The Morgan fingerprint density at radius 2 is 1.68 bits per heavy atom. The summed E-state index contributed by atoms with van der Waals surface area (Å²) in [4.78, 5) is 28.0. The molecule has 1 aliphatic rings. The summed E-state index contributed by atoms with van der Waals surface area (Å²) in [6.07, 6.45) is 0. The maximum Gasteiger partial charge on any atom is 0.316 e. The molecular formula is C19H18ClFN2O2. The van der Waals surface area contributed by atoms with Crippen molar-refractivity contribution in [1.29, 1.82) is 0 Å². The van der Waals surface area contributed by atoms with Gasteiger partial charge in [0.05, 0.1) is 0 Å². The van der Waals surface area contributed by atoms with Crippen LogP contribution < -0.4 is 4.90 Å². The van der Waals surface area contributed by atoms with E-state index in [0.717, 1.165) is 16.8 Å². The molecule has 3 rings (SSSR count). The van der Waals surface area contributed by atoms with Gasteiger partial charge in [-0.05, 0) is 54.8 Å². The second kappa shape index (κ2) is 6.84. The number of carbonyl (C=O) groups excluding carboxylic acids is 2. The van der Waals surface area contributed by atoms with E-state index in [9.17, 15) is 14.0 Å². The van der Waals surface area contributed by atoms with Gasteiger partial charge in [0, 0.05) is 30.3 Å². The van der Waals surface area contributed by atoms with Gasteiger partial charge >= 0.3 is 11.8 Å². The van der Waals surface area contributed by atoms with Gasteiger partial charge < -0.3 is 9.80 Å². The molecule has 0 aliphatic carbocycles. The van der Waals surface area contributed by atoms with Crippen LogP contribution in [-0.4, -0.2) is 29.8 Å². The second-order valence-corrected chi connectivity index (χ2v) is 6.67. The van der Waals surface area contributed by atoms with E-state index in [1.54, 1.807) is 0 Å². The number of aryl methyl sites for hydroxylation is 2. The van der Waals surface area contributed by atoms with Crippen molar-refractivity contribution in [3.8, 4) is 0 Å². The first kappa shape index (κ1) is 17.4. The van der Waals surface area contributed by atoms with E-state index in [4.69, 9.17) is 11.6 Å². The number of carbonyl (C=O) groups is 2. The lowest BCUT2D eigenvalue weighted by atomic mass is 10.1. The van der Waals surface area contributed by atoms with Crippen LogP contribution in [0, 0.1) is 19.7 Å². The summed E-state index contributed by atoms with van der Waals surface area (Å²) in [5.74, 6) is -1.57. The third-order valence-corrected chi connectivity index (χ3v) is 4.56. The van der Waals surface area contributed by atoms with Gasteiger partial charge in [0.25, 0.3) is 0 Å². The van der Waals surface area contributed by atoms with E-state index in [0.29, 0.717) is 18.7 Å². The quantitative estimate of drug-likeness (QED) is 0.786. The minimum Gasteiger partial charge on any atom is -0.328 e. The molecule has 1 heterocycles. The first-order chi connectivity index (χ1) is 11.8. The Kier molecular flexibility index (Phi) is 4.77. The molecule has 0 spiro atoms. The lowest BCUT2D eigenvalue weighted by Crippen LogP contribution is -2.54. The number of hydrogen-bond donors (Lipinski definition) is 0. The molecular weight excluding hydrogens is 343 g/mol. The van der Waals surface area contributed by atoms with Crippen molar-refractivity contribution in [3.05, 3.63) is 63.9 Å². The van der Waals surface area contributed by atoms with E-state index in [1.165, 1.54) is 28.0 Å². The monoisotopic (exact) mass is 360 g/mol. The molecule has 25 heavy (non-hydrogen) atoms. The highest BCUT2D eigenvalue weighted by Crippen LogP contribution is 2.24. The maximum absolute atomic E-state index is 13.1. The summed E-state index contributed by atoms with van der Waals surface area (Å²) in [6, 6.07) is 9.83. The molecule has 0 bridgehead atoms. The van der Waals surface area contributed by atoms with Crippen LogP contribution in [0.15, 0.2) is 36.4 Å². The van der Waals surface area contributed by atoms with Gasteiger partial charge in [-0.1, -0.05) is 23.7 Å². The van der Waals surface area contributed by atoms with Crippen molar-refractivity contribution in [3.63, 3.8) is 0 Å². The van der Waals surface area contributed by atoms with Gasteiger partial charge in [0.1, 0.15) is 5.82 Å². The Morgan fingerprint density at radius 1 is 1.00 bits per heavy atom. The highest BCUT2D eigenvalue weighted by molar-refractivity contribution is 6.41. The topological polar surface area (TPSA) is 40.6 Å². The van der Waals surface area contributed by atoms with E-state index >= 15 is 0 Å². The van der Waals surface area contributed by atoms with Crippen LogP contribution in [0.25, 0.3) is 0 Å². The number of piperazine rings is 1. The van der Waals surface area contributed by atoms with E-state index in [2.05, 4.69) is 0 Å². The van der Waals surface area contributed by atoms with Gasteiger partial charge in [-0.2, -0.15) is 0 Å². The smallest absolute Gasteiger partial charge is 0.316 e. The molecule has 4 nitrogen and oxygen atoms in total. The number of nitrogens with zero attached hydrogens (tertiary/aromatic N) is 2. The van der Waals surface area contributed by atoms with Gasteiger partial charge in [-0.3, -0.25) is 9.59 Å². The molecule has 1 saturated heterocycles. The molecule has 0 N–H and O–H groups in total. The first-order valence-electron chi connectivity index (χ1n) is 7.98. The molecule has 2 amide bonds. The van der Waals surface area contributed by atoms with Crippen molar-refractivity contribution in [2.75, 3.05) is 18.0 Å². The lowest BCUT2D eigenvalue weighted by molar-refractivity contribution is -0.146. The Balaban J connectivity index is 1.78. The van der Waals surface area contributed by atoms with Crippen molar-refractivity contribution < 1.29 is 14.0 Å². The number of rotatable bonds is 3. The molecule has 1 aliphatic heterocycles. The number of hydrogen-bond acceptors (Lipinski definition) is 2. The van der Waals surface area contributed by atoms with Crippen molar-refractivity contribution >= 4 is 29.1 Å². The zero-order valence-corrected chi connectivity index (χ0v) is 14.8. The summed E-state index contributed by atoms with van der Waals surface area (Å²) in [5, 5.41) is 0.247. The van der Waals surface area contributed by atoms with E-state index in [-0.39, 0.29) is 11.6 Å². The minimum atomic E-state index is -0.578. The zero-order valence-electron chi connectivity index (χ0n) is 14.1. The lowest BCUT2D eigenvalue weighted by Gasteiger charge is -2.34. The molecule has 130 valence electrons. The van der Waals surface area contributed by atoms with Crippen LogP contribution >= 0.6 is 11.6 Å². The predicted octanol–water partition coefficient (Wildman–Crippen LogP) is 3.47. The Hall–Kier alpha value is -2.40. The van der Waals surface area contributed by atoms with Crippen LogP contribution in [-0.2, 0) is 16.1 Å². The average molecular weight is 361 g/mol. The van der Waals surface area contributed by atoms with Gasteiger partial charge in [-0.25, -0.2) is 4.39 Å². The van der Waals surface area contributed by atoms with Gasteiger partial charge in [0.15, 0.2) is 0 Å². The number of benzene rings is 2. The SMILES string of the molecule is Cc1cc(C)cc(N2CCN(Cc3ccc(F)cc3Cl)C(=O)C2=O)c1. The third-order valence-electron chi connectivity index (χ3n) is 4.20. The maximum atomic E-state index is 13.1. The zero-order chi connectivity index (χ0) is 18.1. The first-order valence-corrected chi connectivity index (χ1v) is 8.36. The Morgan fingerprint density at radius 3 is 2.32 bits per heavy atom. The van der Waals surface area contributed by atoms with Crippen LogP contribution in [0.1, 0.15) is 16.7 Å². The molecule has 0 saturated carbocycles. The molecule has 6 heteroatoms. The molecule has 2 aromatic rings. The van der Waals surface area contributed by atoms with Crippen LogP contribution in [0.3, 0.4) is 0 Å². The minimum absolute atomic E-state index is 0.185. The van der Waals surface area contributed by atoms with Gasteiger partial charge in [0.2, 0.25) is 0 Å². The second-order valence-electron chi connectivity index (χ2n) is 6.27. The normalized spacial score (nSPS) is 15.0. The van der Waals surface area contributed by atoms with Crippen LogP contribution in [0.5, 0.6) is 0 Å². The molecule has 0 unspecified atom stereocenters. The number of amides is 2. The summed E-state index contributed by atoms with van der Waals surface area (Å²) in [7, 11) is 0. The van der Waals surface area contributed by atoms with E-state index in [1.807, 2.05) is 32.0 Å². The predicted molar refractivity (Wildman–Crippen MR) is 95.1 cm³/mol. The molecule has 0 radical (unpaired) electrons. The summed E-state index contributed by atoms with van der Waals surface area (Å²) in [6.45, 7) is 4.90. The molecule has 1 fully saturated rings. The third kappa shape index (κ3) is 3.66. The average Bonchev–Trinajstić information content (AvgIpc) is 2.53. The fourth-order valence-electron chi connectivity index (χ4n) is 3.03. The highest BCUT2D eigenvalue weighted by Gasteiger charge is 2.33. The largest absolute Gasteiger partial charge is 0.328 e. The molecule has 0 atom stereocenters. The van der Waals surface area contributed by atoms with Crippen molar-refractivity contribution in [1.82, 2.24) is 4.90 Å². The van der Waals surface area contributed by atoms with Crippen LogP contribution in [0.4, 0.5) is 10.1 Å². The standard InChI is InChI=1S/C19H18ClFN2O2/c1-12-7-13(2)9-16(8-12)23-6-5-22(18(24)19(23)25)11-14-3-4-15(21)10-17(14)20/h3-4,7-10H,5-6,11H2,1-2H3. The number of halogens is 2. The summed E-state index contributed by atoms with van der Waals surface area (Å²) in [5.41, 5.74) is 3.42. The van der Waals surface area contributed by atoms with E-state index < -0.39 is 17.6 Å². The highest BCUT2D eigenvalue weighted by atomic mass is 35.5. The summed E-state index contributed by atoms with van der Waals surface area (Å²) < 4.78 is 13.1. The molecule has 0 aromatic heterocycles. The fourth-order valence-corrected chi connectivity index (χ4v) is 3.26. The van der Waals surface area contributed by atoms with Crippen molar-refractivity contribution in [2.24, 2.45) is 0 Å². The molecule has 2 aromatic carbocycles. The summed E-state index contributed by atoms with van der Waals surface area (Å²) >= 11 is 6.02.